The van der Waals surface area contributed by atoms with Crippen LogP contribution in [0, 0.1) is 11.3 Å². The molecule has 0 atom stereocenters. The number of carbonyl (C=O) groups excluding carboxylic acids is 1. The summed E-state index contributed by atoms with van der Waals surface area (Å²) in [5.41, 5.74) is 5.21. The van der Waals surface area contributed by atoms with E-state index in [1.807, 2.05) is 60.7 Å². The fourth-order valence-electron chi connectivity index (χ4n) is 3.73. The summed E-state index contributed by atoms with van der Waals surface area (Å²) >= 11 is 6.02. The number of hydrogen-bond donors (Lipinski definition) is 0. The molecule has 34 heavy (non-hydrogen) atoms. The quantitative estimate of drug-likeness (QED) is 0.208. The lowest BCUT2D eigenvalue weighted by molar-refractivity contribution is 0.0737. The highest BCUT2D eigenvalue weighted by Gasteiger charge is 2.16. The van der Waals surface area contributed by atoms with Gasteiger partial charge in [-0.15, -0.1) is 0 Å². The van der Waals surface area contributed by atoms with Crippen LogP contribution in [0.15, 0.2) is 103 Å². The molecule has 4 nitrogen and oxygen atoms in total. The van der Waals surface area contributed by atoms with Crippen LogP contribution in [-0.2, 0) is 0 Å². The van der Waals surface area contributed by atoms with Gasteiger partial charge in [-0.05, 0) is 59.7 Å². The van der Waals surface area contributed by atoms with Crippen LogP contribution in [0.3, 0.4) is 0 Å². The van der Waals surface area contributed by atoms with Crippen molar-refractivity contribution >= 4 is 28.5 Å². The van der Waals surface area contributed by atoms with E-state index in [4.69, 9.17) is 26.6 Å². The summed E-state index contributed by atoms with van der Waals surface area (Å²) in [6.45, 7) is 0. The molecule has 0 aliphatic carbocycles. The highest BCUT2D eigenvalue weighted by Crippen LogP contribution is 2.28. The Bertz CT molecular complexity index is 1540. The van der Waals surface area contributed by atoms with Crippen LogP contribution in [0.25, 0.3) is 33.3 Å². The minimum atomic E-state index is -0.458. The van der Waals surface area contributed by atoms with Crippen molar-refractivity contribution in [2.45, 2.75) is 0 Å². The number of nitriles is 1. The molecule has 1 heterocycles. The van der Waals surface area contributed by atoms with Gasteiger partial charge in [0.25, 0.3) is 0 Å². The van der Waals surface area contributed by atoms with Crippen LogP contribution in [0.4, 0.5) is 0 Å². The molecule has 4 aromatic carbocycles. The lowest BCUT2D eigenvalue weighted by Gasteiger charge is -2.11. The van der Waals surface area contributed by atoms with Crippen LogP contribution >= 0.6 is 11.6 Å². The highest BCUT2D eigenvalue weighted by atomic mass is 35.5. The molecule has 0 radical (unpaired) electrons. The number of pyridine rings is 1. The van der Waals surface area contributed by atoms with Gasteiger partial charge in [0.1, 0.15) is 5.75 Å². The first kappa shape index (κ1) is 21.4. The largest absolute Gasteiger partial charge is 0.423 e. The third-order valence-electron chi connectivity index (χ3n) is 5.49. The molecule has 1 aromatic heterocycles. The zero-order chi connectivity index (χ0) is 23.5. The standard InChI is InChI=1S/C29H17ClN2O2/c30-23-13-9-22(10-14-23)28-17-26(25-3-1-2-4-27(25)32-28)29(33)34-24-15-11-21(12-16-24)20-7-5-19(18-31)6-8-20/h1-17H. The van der Waals surface area contributed by atoms with Crippen molar-refractivity contribution in [2.75, 3.05) is 0 Å². The number of carbonyl (C=O) groups is 1. The highest BCUT2D eigenvalue weighted by molar-refractivity contribution is 6.30. The van der Waals surface area contributed by atoms with E-state index in [1.165, 1.54) is 0 Å². The van der Waals surface area contributed by atoms with Gasteiger partial charge in [-0.3, -0.25) is 0 Å². The van der Waals surface area contributed by atoms with Crippen LogP contribution in [-0.4, -0.2) is 11.0 Å². The number of nitrogens with zero attached hydrogens (tertiary/aromatic N) is 2. The van der Waals surface area contributed by atoms with Gasteiger partial charge in [-0.2, -0.15) is 5.26 Å². The number of rotatable bonds is 4. The zero-order valence-electron chi connectivity index (χ0n) is 17.9. The van der Waals surface area contributed by atoms with Crippen molar-refractivity contribution < 1.29 is 9.53 Å². The number of aromatic nitrogens is 1. The van der Waals surface area contributed by atoms with Gasteiger partial charge in [0, 0.05) is 16.0 Å². The Morgan fingerprint density at radius 2 is 1.41 bits per heavy atom. The second-order valence-corrected chi connectivity index (χ2v) is 8.12. The van der Waals surface area contributed by atoms with Crippen LogP contribution in [0.1, 0.15) is 15.9 Å². The summed E-state index contributed by atoms with van der Waals surface area (Å²) in [6, 6.07) is 33.3. The monoisotopic (exact) mass is 460 g/mol. The molecule has 5 aromatic rings. The van der Waals surface area contributed by atoms with E-state index in [-0.39, 0.29) is 0 Å². The maximum Gasteiger partial charge on any atom is 0.344 e. The van der Waals surface area contributed by atoms with Crippen molar-refractivity contribution in [2.24, 2.45) is 0 Å². The molecule has 0 N–H and O–H groups in total. The van der Waals surface area contributed by atoms with Crippen molar-refractivity contribution in [1.82, 2.24) is 4.98 Å². The van der Waals surface area contributed by atoms with Crippen LogP contribution in [0.2, 0.25) is 5.02 Å². The Morgan fingerprint density at radius 1 is 0.794 bits per heavy atom. The molecular weight excluding hydrogens is 444 g/mol. The van der Waals surface area contributed by atoms with E-state index in [9.17, 15) is 4.79 Å². The minimum Gasteiger partial charge on any atom is -0.423 e. The van der Waals surface area contributed by atoms with Crippen LogP contribution in [0.5, 0.6) is 5.75 Å². The SMILES string of the molecule is N#Cc1ccc(-c2ccc(OC(=O)c3cc(-c4ccc(Cl)cc4)nc4ccccc34)cc2)cc1. The molecule has 0 amide bonds. The Morgan fingerprint density at radius 3 is 2.09 bits per heavy atom. The van der Waals surface area contributed by atoms with E-state index in [0.29, 0.717) is 33.1 Å². The third kappa shape index (κ3) is 4.38. The van der Waals surface area contributed by atoms with Crippen molar-refractivity contribution in [3.63, 3.8) is 0 Å². The summed E-state index contributed by atoms with van der Waals surface area (Å²) in [4.78, 5) is 17.9. The third-order valence-corrected chi connectivity index (χ3v) is 5.74. The van der Waals surface area contributed by atoms with E-state index in [2.05, 4.69) is 6.07 Å². The molecule has 0 bridgehead atoms. The minimum absolute atomic E-state index is 0.437. The predicted molar refractivity (Wildman–Crippen MR) is 134 cm³/mol. The Hall–Kier alpha value is -4.46. The van der Waals surface area contributed by atoms with Gasteiger partial charge < -0.3 is 4.74 Å². The molecule has 0 fully saturated rings. The maximum absolute atomic E-state index is 13.2. The molecule has 0 saturated carbocycles. The molecule has 0 saturated heterocycles. The van der Waals surface area contributed by atoms with Crippen LogP contribution < -0.4 is 4.74 Å². The second-order valence-electron chi connectivity index (χ2n) is 7.68. The molecule has 162 valence electrons. The van der Waals surface area contributed by atoms with E-state index >= 15 is 0 Å². The molecule has 5 rings (SSSR count). The number of benzene rings is 4. The fraction of sp³-hybridized carbons (Fsp3) is 0. The van der Waals surface area contributed by atoms with Gasteiger partial charge in [0.05, 0.1) is 28.4 Å². The number of halogens is 1. The average molecular weight is 461 g/mol. The summed E-state index contributed by atoms with van der Waals surface area (Å²) in [6.07, 6.45) is 0. The number of ether oxygens (including phenoxy) is 1. The smallest absolute Gasteiger partial charge is 0.344 e. The molecule has 0 aliphatic rings. The van der Waals surface area contributed by atoms with Gasteiger partial charge >= 0.3 is 5.97 Å². The Kier molecular flexibility index (Phi) is 5.78. The van der Waals surface area contributed by atoms with Gasteiger partial charge in [-0.1, -0.05) is 66.2 Å². The molecule has 0 spiro atoms. The Labute approximate surface area is 201 Å². The predicted octanol–water partition coefficient (Wildman–Crippen LogP) is 7.31. The maximum atomic E-state index is 13.2. The number of fused-ring (bicyclic) bond motifs is 1. The van der Waals surface area contributed by atoms with E-state index in [0.717, 1.165) is 22.1 Å². The number of para-hydroxylation sites is 1. The van der Waals surface area contributed by atoms with E-state index in [1.54, 1.807) is 42.5 Å². The lowest BCUT2D eigenvalue weighted by atomic mass is 10.0. The second kappa shape index (κ2) is 9.19. The average Bonchev–Trinajstić information content (AvgIpc) is 2.89. The molecular formula is C29H17ClN2O2. The summed E-state index contributed by atoms with van der Waals surface area (Å²) in [7, 11) is 0. The first-order valence-corrected chi connectivity index (χ1v) is 11.0. The first-order valence-electron chi connectivity index (χ1n) is 10.6. The number of hydrogen-bond acceptors (Lipinski definition) is 4. The summed E-state index contributed by atoms with van der Waals surface area (Å²) in [5, 5.41) is 10.3. The first-order chi connectivity index (χ1) is 16.6. The zero-order valence-corrected chi connectivity index (χ0v) is 18.7. The number of esters is 1. The topological polar surface area (TPSA) is 63.0 Å². The molecule has 5 heteroatoms. The normalized spacial score (nSPS) is 10.6. The van der Waals surface area contributed by atoms with Gasteiger partial charge in [0.2, 0.25) is 0 Å². The van der Waals surface area contributed by atoms with Gasteiger partial charge in [-0.25, -0.2) is 9.78 Å². The fourth-order valence-corrected chi connectivity index (χ4v) is 3.85. The molecule has 0 aliphatic heterocycles. The van der Waals surface area contributed by atoms with Gasteiger partial charge in [0.15, 0.2) is 0 Å². The summed E-state index contributed by atoms with van der Waals surface area (Å²) < 4.78 is 5.72. The summed E-state index contributed by atoms with van der Waals surface area (Å²) in [5.74, 6) is -0.0173. The van der Waals surface area contributed by atoms with Crippen molar-refractivity contribution in [3.8, 4) is 34.2 Å². The van der Waals surface area contributed by atoms with Crippen molar-refractivity contribution in [1.29, 1.82) is 5.26 Å². The molecule has 0 unspecified atom stereocenters. The lowest BCUT2D eigenvalue weighted by Crippen LogP contribution is -2.10. The Balaban J connectivity index is 1.45. The van der Waals surface area contributed by atoms with E-state index < -0.39 is 5.97 Å². The van der Waals surface area contributed by atoms with Crippen molar-refractivity contribution in [3.05, 3.63) is 119 Å².